The molecule has 2 amide bonds. The number of rotatable bonds is 3. The summed E-state index contributed by atoms with van der Waals surface area (Å²) in [6.07, 6.45) is -4.72. The zero-order valence-electron chi connectivity index (χ0n) is 9.84. The standard InChI is InChI=1S/C11H13F3N2O2/c1-7(2)15-10(17)16-8-3-5-9(6-4-8)18-11(12,13)14/h3-7H,1-2H3,(H2,15,16,17). The second-order valence-corrected chi connectivity index (χ2v) is 3.83. The van der Waals surface area contributed by atoms with Crippen LogP contribution in [0, 0.1) is 0 Å². The Morgan fingerprint density at radius 1 is 1.22 bits per heavy atom. The largest absolute Gasteiger partial charge is 0.573 e. The number of nitrogens with one attached hydrogen (secondary N) is 2. The van der Waals surface area contributed by atoms with E-state index in [0.29, 0.717) is 5.69 Å². The molecular weight excluding hydrogens is 249 g/mol. The van der Waals surface area contributed by atoms with Crippen LogP contribution >= 0.6 is 0 Å². The molecule has 0 atom stereocenters. The third-order valence-electron chi connectivity index (χ3n) is 1.77. The Bertz CT molecular complexity index is 402. The van der Waals surface area contributed by atoms with Crippen LogP contribution in [0.4, 0.5) is 23.7 Å². The van der Waals surface area contributed by atoms with E-state index in [9.17, 15) is 18.0 Å². The van der Waals surface area contributed by atoms with Gasteiger partial charge in [0.1, 0.15) is 5.75 Å². The average Bonchev–Trinajstić information content (AvgIpc) is 2.17. The van der Waals surface area contributed by atoms with Crippen LogP contribution in [-0.2, 0) is 0 Å². The van der Waals surface area contributed by atoms with Crippen molar-refractivity contribution in [3.05, 3.63) is 24.3 Å². The molecule has 0 heterocycles. The van der Waals surface area contributed by atoms with Gasteiger partial charge in [-0.25, -0.2) is 4.79 Å². The van der Waals surface area contributed by atoms with Gasteiger partial charge in [0.2, 0.25) is 0 Å². The second-order valence-electron chi connectivity index (χ2n) is 3.83. The summed E-state index contributed by atoms with van der Waals surface area (Å²) in [6, 6.07) is 4.44. The summed E-state index contributed by atoms with van der Waals surface area (Å²) in [5.74, 6) is -0.336. The number of hydrogen-bond donors (Lipinski definition) is 2. The van der Waals surface area contributed by atoms with Gasteiger partial charge in [0, 0.05) is 11.7 Å². The third-order valence-corrected chi connectivity index (χ3v) is 1.77. The number of halogens is 3. The molecule has 0 aliphatic carbocycles. The summed E-state index contributed by atoms with van der Waals surface area (Å²) in [5, 5.41) is 5.06. The van der Waals surface area contributed by atoms with Crippen molar-refractivity contribution >= 4 is 11.7 Å². The molecule has 0 spiro atoms. The molecule has 4 nitrogen and oxygen atoms in total. The van der Waals surface area contributed by atoms with Gasteiger partial charge in [0.15, 0.2) is 0 Å². The van der Waals surface area contributed by atoms with E-state index >= 15 is 0 Å². The first kappa shape index (κ1) is 14.1. The summed E-state index contributed by atoms with van der Waals surface area (Å²) in [6.45, 7) is 3.58. The first-order valence-electron chi connectivity index (χ1n) is 5.19. The number of hydrogen-bond acceptors (Lipinski definition) is 2. The Hall–Kier alpha value is -1.92. The normalized spacial score (nSPS) is 11.2. The van der Waals surface area contributed by atoms with Crippen molar-refractivity contribution in [1.29, 1.82) is 0 Å². The van der Waals surface area contributed by atoms with Crippen LogP contribution in [0.25, 0.3) is 0 Å². The van der Waals surface area contributed by atoms with Crippen LogP contribution in [0.3, 0.4) is 0 Å². The highest BCUT2D eigenvalue weighted by molar-refractivity contribution is 5.89. The van der Waals surface area contributed by atoms with E-state index in [2.05, 4.69) is 15.4 Å². The lowest BCUT2D eigenvalue weighted by atomic mass is 10.3. The minimum Gasteiger partial charge on any atom is -0.406 e. The predicted molar refractivity (Wildman–Crippen MR) is 60.4 cm³/mol. The highest BCUT2D eigenvalue weighted by atomic mass is 19.4. The summed E-state index contributed by atoms with van der Waals surface area (Å²) in [7, 11) is 0. The molecule has 1 aromatic carbocycles. The minimum atomic E-state index is -4.72. The van der Waals surface area contributed by atoms with Crippen molar-refractivity contribution in [2.75, 3.05) is 5.32 Å². The van der Waals surface area contributed by atoms with E-state index in [1.165, 1.54) is 12.1 Å². The second kappa shape index (κ2) is 5.61. The lowest BCUT2D eigenvalue weighted by Crippen LogP contribution is -2.34. The summed E-state index contributed by atoms with van der Waals surface area (Å²) < 4.78 is 39.4. The molecule has 0 radical (unpaired) electrons. The molecule has 100 valence electrons. The molecule has 0 saturated carbocycles. The molecule has 7 heteroatoms. The highest BCUT2D eigenvalue weighted by Crippen LogP contribution is 2.23. The minimum absolute atomic E-state index is 0.0298. The lowest BCUT2D eigenvalue weighted by Gasteiger charge is -2.11. The SMILES string of the molecule is CC(C)NC(=O)Nc1ccc(OC(F)(F)F)cc1. The molecule has 0 unspecified atom stereocenters. The van der Waals surface area contributed by atoms with Crippen molar-refractivity contribution in [2.24, 2.45) is 0 Å². The van der Waals surface area contributed by atoms with Gasteiger partial charge in [-0.1, -0.05) is 0 Å². The van der Waals surface area contributed by atoms with Crippen LogP contribution in [0.1, 0.15) is 13.8 Å². The smallest absolute Gasteiger partial charge is 0.406 e. The molecule has 0 aliphatic rings. The van der Waals surface area contributed by atoms with E-state index in [0.717, 1.165) is 12.1 Å². The van der Waals surface area contributed by atoms with E-state index < -0.39 is 12.4 Å². The van der Waals surface area contributed by atoms with Gasteiger partial charge in [0.25, 0.3) is 0 Å². The molecule has 0 bridgehead atoms. The number of carbonyl (C=O) groups is 1. The quantitative estimate of drug-likeness (QED) is 0.879. The molecule has 0 aromatic heterocycles. The van der Waals surface area contributed by atoms with Crippen LogP contribution < -0.4 is 15.4 Å². The topological polar surface area (TPSA) is 50.4 Å². The van der Waals surface area contributed by atoms with E-state index in [1.807, 2.05) is 0 Å². The number of carbonyl (C=O) groups excluding carboxylic acids is 1. The molecule has 2 N–H and O–H groups in total. The monoisotopic (exact) mass is 262 g/mol. The average molecular weight is 262 g/mol. The molecule has 0 saturated heterocycles. The van der Waals surface area contributed by atoms with Gasteiger partial charge in [-0.15, -0.1) is 13.2 Å². The number of ether oxygens (including phenoxy) is 1. The number of alkyl halides is 3. The summed E-state index contributed by atoms with van der Waals surface area (Å²) in [5.41, 5.74) is 0.377. The third kappa shape index (κ3) is 5.42. The van der Waals surface area contributed by atoms with Crippen LogP contribution in [0.2, 0.25) is 0 Å². The van der Waals surface area contributed by atoms with E-state index in [4.69, 9.17) is 0 Å². The Labute approximate surface area is 102 Å². The molecule has 18 heavy (non-hydrogen) atoms. The van der Waals surface area contributed by atoms with Gasteiger partial charge in [-0.2, -0.15) is 0 Å². The van der Waals surface area contributed by atoms with Crippen molar-refractivity contribution < 1.29 is 22.7 Å². The number of urea groups is 1. The Balaban J connectivity index is 2.58. The predicted octanol–water partition coefficient (Wildman–Crippen LogP) is 3.12. The maximum absolute atomic E-state index is 11.9. The van der Waals surface area contributed by atoms with Gasteiger partial charge >= 0.3 is 12.4 Å². The Kier molecular flexibility index (Phi) is 4.41. The number of anilines is 1. The first-order chi connectivity index (χ1) is 8.26. The van der Waals surface area contributed by atoms with Gasteiger partial charge in [-0.05, 0) is 38.1 Å². The molecule has 0 fully saturated rings. The zero-order chi connectivity index (χ0) is 13.8. The summed E-state index contributed by atoms with van der Waals surface area (Å²) in [4.78, 5) is 11.3. The zero-order valence-corrected chi connectivity index (χ0v) is 9.84. The highest BCUT2D eigenvalue weighted by Gasteiger charge is 2.30. The Morgan fingerprint density at radius 2 is 1.78 bits per heavy atom. The fourth-order valence-electron chi connectivity index (χ4n) is 1.17. The van der Waals surface area contributed by atoms with Gasteiger partial charge in [0.05, 0.1) is 0 Å². The number of benzene rings is 1. The first-order valence-corrected chi connectivity index (χ1v) is 5.19. The molecule has 1 rings (SSSR count). The summed E-state index contributed by atoms with van der Waals surface area (Å²) >= 11 is 0. The van der Waals surface area contributed by atoms with Crippen molar-refractivity contribution in [3.63, 3.8) is 0 Å². The molecule has 0 aliphatic heterocycles. The van der Waals surface area contributed by atoms with Crippen LogP contribution in [0.15, 0.2) is 24.3 Å². The maximum Gasteiger partial charge on any atom is 0.573 e. The number of amides is 2. The van der Waals surface area contributed by atoms with Crippen molar-refractivity contribution in [1.82, 2.24) is 5.32 Å². The van der Waals surface area contributed by atoms with Crippen molar-refractivity contribution in [2.45, 2.75) is 26.3 Å². The fourth-order valence-corrected chi connectivity index (χ4v) is 1.17. The van der Waals surface area contributed by atoms with Crippen LogP contribution in [0.5, 0.6) is 5.75 Å². The van der Waals surface area contributed by atoms with E-state index in [1.54, 1.807) is 13.8 Å². The Morgan fingerprint density at radius 3 is 2.22 bits per heavy atom. The molecular formula is C11H13F3N2O2. The lowest BCUT2D eigenvalue weighted by molar-refractivity contribution is -0.274. The maximum atomic E-state index is 11.9. The van der Waals surface area contributed by atoms with Crippen LogP contribution in [-0.4, -0.2) is 18.4 Å². The molecule has 1 aromatic rings. The van der Waals surface area contributed by atoms with E-state index in [-0.39, 0.29) is 11.8 Å². The van der Waals surface area contributed by atoms with Gasteiger partial charge < -0.3 is 15.4 Å². The fraction of sp³-hybridized carbons (Fsp3) is 0.364. The van der Waals surface area contributed by atoms with Crippen molar-refractivity contribution in [3.8, 4) is 5.75 Å². The van der Waals surface area contributed by atoms with Gasteiger partial charge in [-0.3, -0.25) is 0 Å².